The molecular formula is C12H14BrN3O. The fourth-order valence-corrected chi connectivity index (χ4v) is 2.72. The van der Waals surface area contributed by atoms with Crippen molar-refractivity contribution in [2.45, 2.75) is 37.4 Å². The third kappa shape index (κ3) is 1.98. The first-order chi connectivity index (χ1) is 8.16. The molecule has 90 valence electrons. The van der Waals surface area contributed by atoms with Gasteiger partial charge in [0.2, 0.25) is 5.91 Å². The average Bonchev–Trinajstić information content (AvgIpc) is 3.07. The van der Waals surface area contributed by atoms with Crippen molar-refractivity contribution in [2.75, 3.05) is 0 Å². The van der Waals surface area contributed by atoms with E-state index in [1.165, 1.54) is 0 Å². The summed E-state index contributed by atoms with van der Waals surface area (Å²) in [6, 6.07) is 4.12. The van der Waals surface area contributed by atoms with Gasteiger partial charge in [0.15, 0.2) is 0 Å². The van der Waals surface area contributed by atoms with Gasteiger partial charge >= 0.3 is 0 Å². The number of carbonyl (C=O) groups is 1. The van der Waals surface area contributed by atoms with Gasteiger partial charge in [0.05, 0.1) is 11.7 Å². The second kappa shape index (κ2) is 4.07. The molecule has 2 heterocycles. The summed E-state index contributed by atoms with van der Waals surface area (Å²) < 4.78 is 0.942. The lowest BCUT2D eigenvalue weighted by atomic mass is 10.1. The molecule has 1 amide bonds. The molecule has 1 aliphatic heterocycles. The van der Waals surface area contributed by atoms with E-state index in [-0.39, 0.29) is 18.0 Å². The predicted molar refractivity (Wildman–Crippen MR) is 67.1 cm³/mol. The van der Waals surface area contributed by atoms with Crippen LogP contribution in [-0.4, -0.2) is 27.9 Å². The molecule has 5 heteroatoms. The lowest BCUT2D eigenvalue weighted by Gasteiger charge is -2.26. The Morgan fingerprint density at radius 1 is 1.41 bits per heavy atom. The van der Waals surface area contributed by atoms with Crippen LogP contribution in [0.1, 0.15) is 31.0 Å². The van der Waals surface area contributed by atoms with Gasteiger partial charge in [-0.15, -0.1) is 0 Å². The van der Waals surface area contributed by atoms with Gasteiger partial charge in [-0.3, -0.25) is 9.78 Å². The maximum absolute atomic E-state index is 11.9. The van der Waals surface area contributed by atoms with Gasteiger partial charge in [-0.05, 0) is 40.9 Å². The molecular weight excluding hydrogens is 282 g/mol. The number of pyridine rings is 1. The standard InChI is InChI=1S/C12H14BrN3O/c13-7-1-4-10(15-6-7)12-9(14)5-11(17)16(12)8-2-3-8/h1,4,6,8-9,12H,2-3,5,14H2. The number of nitrogens with zero attached hydrogens (tertiary/aromatic N) is 2. The van der Waals surface area contributed by atoms with Crippen LogP contribution in [-0.2, 0) is 4.79 Å². The second-order valence-electron chi connectivity index (χ2n) is 4.75. The van der Waals surface area contributed by atoms with E-state index in [0.29, 0.717) is 12.5 Å². The van der Waals surface area contributed by atoms with Crippen LogP contribution in [0.3, 0.4) is 0 Å². The minimum Gasteiger partial charge on any atom is -0.329 e. The van der Waals surface area contributed by atoms with E-state index < -0.39 is 0 Å². The van der Waals surface area contributed by atoms with Gasteiger partial charge in [0.1, 0.15) is 0 Å². The molecule has 1 aromatic rings. The van der Waals surface area contributed by atoms with Gasteiger partial charge in [0, 0.05) is 29.2 Å². The SMILES string of the molecule is NC1CC(=O)N(C2CC2)C1c1ccc(Br)cn1. The number of halogens is 1. The van der Waals surface area contributed by atoms with Crippen molar-refractivity contribution in [2.24, 2.45) is 5.73 Å². The number of aromatic nitrogens is 1. The Hall–Kier alpha value is -0.940. The van der Waals surface area contributed by atoms with E-state index in [0.717, 1.165) is 23.0 Å². The van der Waals surface area contributed by atoms with Gasteiger partial charge in [-0.25, -0.2) is 0 Å². The Morgan fingerprint density at radius 3 is 2.76 bits per heavy atom. The lowest BCUT2D eigenvalue weighted by Crippen LogP contribution is -2.35. The third-order valence-electron chi connectivity index (χ3n) is 3.40. The van der Waals surface area contributed by atoms with Crippen LogP contribution in [0.4, 0.5) is 0 Å². The first-order valence-electron chi connectivity index (χ1n) is 5.85. The van der Waals surface area contributed by atoms with Crippen LogP contribution < -0.4 is 5.73 Å². The molecule has 3 rings (SSSR count). The lowest BCUT2D eigenvalue weighted by molar-refractivity contribution is -0.129. The minimum absolute atomic E-state index is 0.0388. The number of amides is 1. The van der Waals surface area contributed by atoms with E-state index in [9.17, 15) is 4.79 Å². The van der Waals surface area contributed by atoms with Crippen molar-refractivity contribution >= 4 is 21.8 Å². The third-order valence-corrected chi connectivity index (χ3v) is 3.87. The van der Waals surface area contributed by atoms with Crippen molar-refractivity contribution in [1.29, 1.82) is 0 Å². The topological polar surface area (TPSA) is 59.2 Å². The Morgan fingerprint density at radius 2 is 2.18 bits per heavy atom. The van der Waals surface area contributed by atoms with Crippen molar-refractivity contribution in [3.63, 3.8) is 0 Å². The highest BCUT2D eigenvalue weighted by Gasteiger charge is 2.46. The minimum atomic E-state index is -0.128. The van der Waals surface area contributed by atoms with Crippen LogP contribution in [0.25, 0.3) is 0 Å². The molecule has 0 bridgehead atoms. The number of likely N-dealkylation sites (tertiary alicyclic amines) is 1. The molecule has 2 aliphatic rings. The molecule has 0 radical (unpaired) electrons. The number of rotatable bonds is 2. The summed E-state index contributed by atoms with van der Waals surface area (Å²) in [5.41, 5.74) is 6.98. The molecule has 1 saturated heterocycles. The molecule has 1 saturated carbocycles. The molecule has 2 atom stereocenters. The smallest absolute Gasteiger partial charge is 0.225 e. The van der Waals surface area contributed by atoms with Crippen molar-refractivity contribution < 1.29 is 4.79 Å². The largest absolute Gasteiger partial charge is 0.329 e. The van der Waals surface area contributed by atoms with Gasteiger partial charge in [0.25, 0.3) is 0 Å². The molecule has 1 aromatic heterocycles. The van der Waals surface area contributed by atoms with Gasteiger partial charge in [-0.1, -0.05) is 0 Å². The average molecular weight is 296 g/mol. The van der Waals surface area contributed by atoms with E-state index in [2.05, 4.69) is 20.9 Å². The molecule has 0 spiro atoms. The quantitative estimate of drug-likeness (QED) is 0.902. The van der Waals surface area contributed by atoms with E-state index in [1.54, 1.807) is 6.20 Å². The monoisotopic (exact) mass is 295 g/mol. The molecule has 2 unspecified atom stereocenters. The Balaban J connectivity index is 1.93. The zero-order valence-electron chi connectivity index (χ0n) is 9.34. The normalized spacial score (nSPS) is 28.8. The Bertz CT molecular complexity index is 444. The first kappa shape index (κ1) is 11.2. The van der Waals surface area contributed by atoms with Crippen molar-refractivity contribution in [1.82, 2.24) is 9.88 Å². The maximum Gasteiger partial charge on any atom is 0.225 e. The molecule has 17 heavy (non-hydrogen) atoms. The summed E-state index contributed by atoms with van der Waals surface area (Å²) in [6.07, 6.45) is 4.41. The second-order valence-corrected chi connectivity index (χ2v) is 5.66. The van der Waals surface area contributed by atoms with E-state index in [4.69, 9.17) is 5.73 Å². The van der Waals surface area contributed by atoms with E-state index >= 15 is 0 Å². The van der Waals surface area contributed by atoms with Crippen LogP contribution in [0, 0.1) is 0 Å². The van der Waals surface area contributed by atoms with Crippen molar-refractivity contribution in [3.8, 4) is 0 Å². The van der Waals surface area contributed by atoms with Crippen LogP contribution in [0.5, 0.6) is 0 Å². The fraction of sp³-hybridized carbons (Fsp3) is 0.500. The molecule has 2 fully saturated rings. The zero-order chi connectivity index (χ0) is 12.0. The van der Waals surface area contributed by atoms with Crippen molar-refractivity contribution in [3.05, 3.63) is 28.5 Å². The number of nitrogens with two attached hydrogens (primary N) is 1. The summed E-state index contributed by atoms with van der Waals surface area (Å²) in [7, 11) is 0. The molecule has 1 aliphatic carbocycles. The highest BCUT2D eigenvalue weighted by Crippen LogP contribution is 2.40. The summed E-state index contributed by atoms with van der Waals surface area (Å²) in [5, 5.41) is 0. The van der Waals surface area contributed by atoms with Crippen LogP contribution in [0.15, 0.2) is 22.8 Å². The highest BCUT2D eigenvalue weighted by molar-refractivity contribution is 9.10. The Labute approximate surface area is 108 Å². The number of hydrogen-bond acceptors (Lipinski definition) is 3. The summed E-state index contributed by atoms with van der Waals surface area (Å²) >= 11 is 3.36. The predicted octanol–water partition coefficient (Wildman–Crippen LogP) is 1.61. The molecule has 4 nitrogen and oxygen atoms in total. The van der Waals surface area contributed by atoms with E-state index in [1.807, 2.05) is 17.0 Å². The highest BCUT2D eigenvalue weighted by atomic mass is 79.9. The number of hydrogen-bond donors (Lipinski definition) is 1. The number of carbonyl (C=O) groups excluding carboxylic acids is 1. The first-order valence-corrected chi connectivity index (χ1v) is 6.64. The van der Waals surface area contributed by atoms with Gasteiger partial charge < -0.3 is 10.6 Å². The Kier molecular flexibility index (Phi) is 2.67. The zero-order valence-corrected chi connectivity index (χ0v) is 10.9. The van der Waals surface area contributed by atoms with Crippen LogP contribution in [0.2, 0.25) is 0 Å². The van der Waals surface area contributed by atoms with Gasteiger partial charge in [-0.2, -0.15) is 0 Å². The fourth-order valence-electron chi connectivity index (χ4n) is 2.49. The summed E-state index contributed by atoms with van der Waals surface area (Å²) in [6.45, 7) is 0. The molecule has 0 aromatic carbocycles. The summed E-state index contributed by atoms with van der Waals surface area (Å²) in [4.78, 5) is 18.3. The molecule has 2 N–H and O–H groups in total. The van der Waals surface area contributed by atoms with Crippen LogP contribution >= 0.6 is 15.9 Å². The summed E-state index contributed by atoms with van der Waals surface area (Å²) in [5.74, 6) is 0.176. The maximum atomic E-state index is 11.9.